The molecule has 20 heavy (non-hydrogen) atoms. The Kier molecular flexibility index (Phi) is 3.17. The Labute approximate surface area is 111 Å². The van der Waals surface area contributed by atoms with Crippen molar-refractivity contribution in [1.82, 2.24) is 9.78 Å². The number of nitrogens with zero attached hydrogens (tertiary/aromatic N) is 3. The summed E-state index contributed by atoms with van der Waals surface area (Å²) in [7, 11) is 0. The minimum absolute atomic E-state index is 0.0285. The van der Waals surface area contributed by atoms with Crippen LogP contribution in [0.4, 0.5) is 5.69 Å². The molecule has 1 aromatic heterocycles. The van der Waals surface area contributed by atoms with Crippen LogP contribution in [0, 0.1) is 10.1 Å². The predicted octanol–water partition coefficient (Wildman–Crippen LogP) is 0.578. The van der Waals surface area contributed by atoms with Crippen LogP contribution in [0.2, 0.25) is 0 Å². The van der Waals surface area contributed by atoms with Gasteiger partial charge in [-0.15, -0.1) is 0 Å². The first kappa shape index (κ1) is 13.2. The molecule has 2 rings (SSSR count). The van der Waals surface area contributed by atoms with Crippen LogP contribution in [0.5, 0.6) is 0 Å². The monoisotopic (exact) mass is 276 g/mol. The molecule has 1 aromatic carbocycles. The summed E-state index contributed by atoms with van der Waals surface area (Å²) in [5.74, 6) is -2.01. The molecule has 0 bridgehead atoms. The summed E-state index contributed by atoms with van der Waals surface area (Å²) in [6.07, 6.45) is 2.35. The predicted molar refractivity (Wildman–Crippen MR) is 65.7 cm³/mol. The molecule has 0 aliphatic carbocycles. The molecule has 1 heterocycles. The van der Waals surface area contributed by atoms with Crippen LogP contribution in [-0.4, -0.2) is 31.7 Å². The van der Waals surface area contributed by atoms with Crippen LogP contribution in [0.25, 0.3) is 5.69 Å². The van der Waals surface area contributed by atoms with Gasteiger partial charge in [-0.2, -0.15) is 5.10 Å². The Hall–Kier alpha value is -3.23. The van der Waals surface area contributed by atoms with E-state index in [0.717, 1.165) is 29.1 Å². The molecular formula is C11H8N4O5. The third-order valence-corrected chi connectivity index (χ3v) is 2.54. The molecule has 2 aromatic rings. The second kappa shape index (κ2) is 4.80. The highest BCUT2D eigenvalue weighted by atomic mass is 16.6. The largest absolute Gasteiger partial charge is 0.478 e. The number of primary amides is 1. The van der Waals surface area contributed by atoms with E-state index in [-0.39, 0.29) is 22.5 Å². The number of amides is 1. The number of carbonyl (C=O) groups is 2. The van der Waals surface area contributed by atoms with Gasteiger partial charge in [0.05, 0.1) is 27.9 Å². The minimum Gasteiger partial charge on any atom is -0.478 e. The van der Waals surface area contributed by atoms with Crippen molar-refractivity contribution in [2.24, 2.45) is 5.73 Å². The normalized spacial score (nSPS) is 10.2. The number of aromatic carboxylic acids is 1. The van der Waals surface area contributed by atoms with Gasteiger partial charge in [0.15, 0.2) is 0 Å². The van der Waals surface area contributed by atoms with Crippen molar-refractivity contribution >= 4 is 17.6 Å². The summed E-state index contributed by atoms with van der Waals surface area (Å²) in [5, 5.41) is 23.6. The number of carbonyl (C=O) groups excluding carboxylic acids is 1. The fourth-order valence-electron chi connectivity index (χ4n) is 1.59. The lowest BCUT2D eigenvalue weighted by Crippen LogP contribution is -2.10. The van der Waals surface area contributed by atoms with Crippen molar-refractivity contribution in [3.8, 4) is 5.69 Å². The number of aromatic nitrogens is 2. The molecule has 0 unspecified atom stereocenters. The van der Waals surface area contributed by atoms with Gasteiger partial charge in [0.1, 0.15) is 0 Å². The number of nitro benzene ring substituents is 1. The van der Waals surface area contributed by atoms with E-state index in [1.54, 1.807) is 0 Å². The fraction of sp³-hybridized carbons (Fsp3) is 0. The van der Waals surface area contributed by atoms with Crippen LogP contribution in [-0.2, 0) is 0 Å². The summed E-state index contributed by atoms with van der Waals surface area (Å²) in [5.41, 5.74) is 4.62. The molecule has 0 radical (unpaired) electrons. The second-order valence-corrected chi connectivity index (χ2v) is 3.80. The lowest BCUT2D eigenvalue weighted by Gasteiger charge is -2.05. The highest BCUT2D eigenvalue weighted by Gasteiger charge is 2.18. The van der Waals surface area contributed by atoms with E-state index in [9.17, 15) is 19.7 Å². The van der Waals surface area contributed by atoms with Gasteiger partial charge < -0.3 is 10.8 Å². The smallest absolute Gasteiger partial charge is 0.337 e. The first-order valence-corrected chi connectivity index (χ1v) is 5.26. The Bertz CT molecular complexity index is 721. The number of carboxylic acids is 1. The Morgan fingerprint density at radius 3 is 2.60 bits per heavy atom. The lowest BCUT2D eigenvalue weighted by atomic mass is 10.1. The van der Waals surface area contributed by atoms with E-state index < -0.39 is 16.8 Å². The van der Waals surface area contributed by atoms with Crippen LogP contribution in [0.1, 0.15) is 20.7 Å². The molecule has 0 saturated heterocycles. The van der Waals surface area contributed by atoms with Gasteiger partial charge >= 0.3 is 5.97 Å². The Balaban J connectivity index is 2.62. The molecule has 0 fully saturated rings. The van der Waals surface area contributed by atoms with Crippen molar-refractivity contribution in [2.75, 3.05) is 0 Å². The average Bonchev–Trinajstić information content (AvgIpc) is 2.87. The Morgan fingerprint density at radius 2 is 2.10 bits per heavy atom. The maximum absolute atomic E-state index is 11.1. The van der Waals surface area contributed by atoms with Crippen molar-refractivity contribution in [1.29, 1.82) is 0 Å². The molecule has 9 heteroatoms. The standard InChI is InChI=1S/C11H8N4O5/c12-10(16)6-4-13-14(5-6)9-3-7(15(19)20)1-2-8(9)11(17)18/h1-5H,(H2,12,16)(H,17,18). The van der Waals surface area contributed by atoms with E-state index in [1.165, 1.54) is 6.20 Å². The molecule has 0 spiro atoms. The fourth-order valence-corrected chi connectivity index (χ4v) is 1.59. The number of non-ortho nitro benzene ring substituents is 1. The summed E-state index contributed by atoms with van der Waals surface area (Å²) < 4.78 is 1.05. The van der Waals surface area contributed by atoms with Gasteiger partial charge in [0.2, 0.25) is 0 Å². The number of hydrogen-bond donors (Lipinski definition) is 2. The van der Waals surface area contributed by atoms with E-state index >= 15 is 0 Å². The van der Waals surface area contributed by atoms with E-state index in [2.05, 4.69) is 5.10 Å². The number of benzene rings is 1. The van der Waals surface area contributed by atoms with Crippen molar-refractivity contribution in [3.05, 3.63) is 51.8 Å². The zero-order valence-electron chi connectivity index (χ0n) is 9.89. The van der Waals surface area contributed by atoms with Crippen LogP contribution in [0.3, 0.4) is 0 Å². The van der Waals surface area contributed by atoms with Crippen molar-refractivity contribution in [2.45, 2.75) is 0 Å². The third kappa shape index (κ3) is 2.32. The highest BCUT2D eigenvalue weighted by molar-refractivity contribution is 5.94. The molecule has 0 aliphatic rings. The summed E-state index contributed by atoms with van der Waals surface area (Å²) in [4.78, 5) is 32.2. The Morgan fingerprint density at radius 1 is 1.40 bits per heavy atom. The molecular weight excluding hydrogens is 268 g/mol. The van der Waals surface area contributed by atoms with Gasteiger partial charge in [-0.1, -0.05) is 0 Å². The van der Waals surface area contributed by atoms with Crippen molar-refractivity contribution in [3.63, 3.8) is 0 Å². The maximum atomic E-state index is 11.1. The summed E-state index contributed by atoms with van der Waals surface area (Å²) >= 11 is 0. The van der Waals surface area contributed by atoms with Crippen LogP contribution >= 0.6 is 0 Å². The van der Waals surface area contributed by atoms with Gasteiger partial charge in [-0.05, 0) is 6.07 Å². The SMILES string of the molecule is NC(=O)c1cnn(-c2cc([N+](=O)[O-])ccc2C(=O)O)c1. The third-order valence-electron chi connectivity index (χ3n) is 2.54. The number of hydrogen-bond acceptors (Lipinski definition) is 5. The van der Waals surface area contributed by atoms with E-state index in [0.29, 0.717) is 0 Å². The lowest BCUT2D eigenvalue weighted by molar-refractivity contribution is -0.384. The quantitative estimate of drug-likeness (QED) is 0.617. The molecule has 0 aliphatic heterocycles. The zero-order chi connectivity index (χ0) is 14.9. The highest BCUT2D eigenvalue weighted by Crippen LogP contribution is 2.21. The van der Waals surface area contributed by atoms with Gasteiger partial charge in [-0.3, -0.25) is 14.9 Å². The topological polar surface area (TPSA) is 141 Å². The van der Waals surface area contributed by atoms with E-state index in [1.807, 2.05) is 0 Å². The molecule has 102 valence electrons. The number of carboxylic acid groups (broad SMARTS) is 1. The minimum atomic E-state index is -1.27. The number of nitro groups is 1. The molecule has 9 nitrogen and oxygen atoms in total. The molecule has 1 amide bonds. The van der Waals surface area contributed by atoms with Crippen LogP contribution in [0.15, 0.2) is 30.6 Å². The summed E-state index contributed by atoms with van der Waals surface area (Å²) in [6.45, 7) is 0. The average molecular weight is 276 g/mol. The first-order valence-electron chi connectivity index (χ1n) is 5.26. The number of rotatable bonds is 4. The molecule has 0 saturated carbocycles. The van der Waals surface area contributed by atoms with Crippen LogP contribution < -0.4 is 5.73 Å². The molecule has 3 N–H and O–H groups in total. The van der Waals surface area contributed by atoms with Gasteiger partial charge in [0, 0.05) is 18.3 Å². The zero-order valence-corrected chi connectivity index (χ0v) is 9.89. The summed E-state index contributed by atoms with van der Waals surface area (Å²) in [6, 6.07) is 3.23. The second-order valence-electron chi connectivity index (χ2n) is 3.80. The van der Waals surface area contributed by atoms with Gasteiger partial charge in [-0.25, -0.2) is 9.48 Å². The molecule has 0 atom stereocenters. The van der Waals surface area contributed by atoms with E-state index in [4.69, 9.17) is 10.8 Å². The van der Waals surface area contributed by atoms with Gasteiger partial charge in [0.25, 0.3) is 11.6 Å². The first-order chi connectivity index (χ1) is 9.40. The van der Waals surface area contributed by atoms with Crippen molar-refractivity contribution < 1.29 is 19.6 Å². The maximum Gasteiger partial charge on any atom is 0.337 e. The number of nitrogens with two attached hydrogens (primary N) is 1.